The second kappa shape index (κ2) is 4.70. The zero-order valence-corrected chi connectivity index (χ0v) is 11.4. The summed E-state index contributed by atoms with van der Waals surface area (Å²) in [7, 11) is 1.80. The zero-order chi connectivity index (χ0) is 13.4. The number of benzene rings is 1. The van der Waals surface area contributed by atoms with Gasteiger partial charge in [-0.05, 0) is 37.4 Å². The van der Waals surface area contributed by atoms with Gasteiger partial charge < -0.3 is 9.88 Å². The summed E-state index contributed by atoms with van der Waals surface area (Å²) < 4.78 is 3.45. The Hall–Kier alpha value is -1.81. The van der Waals surface area contributed by atoms with E-state index < -0.39 is 0 Å². The Morgan fingerprint density at radius 1 is 1.32 bits per heavy atom. The van der Waals surface area contributed by atoms with Crippen LogP contribution in [0.5, 0.6) is 0 Å². The SMILES string of the molecule is Cc1cn(C)c(=O)n1-c1ccccc1C1CCNC1. The number of para-hydroxylation sites is 1. The van der Waals surface area contributed by atoms with Crippen LogP contribution in [-0.2, 0) is 7.05 Å². The quantitative estimate of drug-likeness (QED) is 0.887. The molecular formula is C15H19N3O. The van der Waals surface area contributed by atoms with E-state index in [1.165, 1.54) is 5.56 Å². The number of hydrogen-bond acceptors (Lipinski definition) is 2. The Kier molecular flexibility index (Phi) is 3.03. The largest absolute Gasteiger partial charge is 0.332 e. The van der Waals surface area contributed by atoms with Crippen molar-refractivity contribution in [1.82, 2.24) is 14.5 Å². The second-order valence-electron chi connectivity index (χ2n) is 5.25. The standard InChI is InChI=1S/C15H19N3O/c1-11-10-17(2)15(19)18(11)14-6-4-3-5-13(14)12-7-8-16-9-12/h3-6,10,12,16H,7-9H2,1-2H3. The first-order valence-electron chi connectivity index (χ1n) is 6.73. The Morgan fingerprint density at radius 3 is 2.74 bits per heavy atom. The smallest absolute Gasteiger partial charge is 0.316 e. The van der Waals surface area contributed by atoms with Crippen molar-refractivity contribution in [3.8, 4) is 5.69 Å². The van der Waals surface area contributed by atoms with E-state index in [1.807, 2.05) is 29.8 Å². The van der Waals surface area contributed by atoms with E-state index in [9.17, 15) is 4.79 Å². The molecule has 0 bridgehead atoms. The molecule has 0 saturated carbocycles. The van der Waals surface area contributed by atoms with Crippen LogP contribution in [0, 0.1) is 6.92 Å². The number of aromatic nitrogens is 2. The Labute approximate surface area is 112 Å². The number of hydrogen-bond donors (Lipinski definition) is 1. The van der Waals surface area contributed by atoms with Crippen molar-refractivity contribution in [2.45, 2.75) is 19.3 Å². The van der Waals surface area contributed by atoms with Gasteiger partial charge in [0.05, 0.1) is 5.69 Å². The van der Waals surface area contributed by atoms with Crippen LogP contribution >= 0.6 is 0 Å². The fourth-order valence-corrected chi connectivity index (χ4v) is 2.95. The highest BCUT2D eigenvalue weighted by Gasteiger charge is 2.21. The molecule has 1 aromatic carbocycles. The number of imidazole rings is 1. The molecule has 4 nitrogen and oxygen atoms in total. The van der Waals surface area contributed by atoms with Crippen LogP contribution in [0.15, 0.2) is 35.3 Å². The number of rotatable bonds is 2. The van der Waals surface area contributed by atoms with E-state index in [1.54, 1.807) is 11.6 Å². The summed E-state index contributed by atoms with van der Waals surface area (Å²) in [5, 5.41) is 3.39. The van der Waals surface area contributed by atoms with Crippen LogP contribution in [0.4, 0.5) is 0 Å². The second-order valence-corrected chi connectivity index (χ2v) is 5.25. The Morgan fingerprint density at radius 2 is 2.11 bits per heavy atom. The molecule has 1 aliphatic rings. The molecule has 1 atom stereocenters. The van der Waals surface area contributed by atoms with Gasteiger partial charge in [0.1, 0.15) is 0 Å². The molecule has 1 aromatic heterocycles. The van der Waals surface area contributed by atoms with Gasteiger partial charge in [-0.2, -0.15) is 0 Å². The van der Waals surface area contributed by atoms with Crippen molar-refractivity contribution < 1.29 is 0 Å². The predicted octanol–water partition coefficient (Wildman–Crippen LogP) is 1.56. The van der Waals surface area contributed by atoms with E-state index in [4.69, 9.17) is 0 Å². The molecule has 0 amide bonds. The molecule has 0 radical (unpaired) electrons. The van der Waals surface area contributed by atoms with Gasteiger partial charge in [0.25, 0.3) is 0 Å². The number of nitrogens with one attached hydrogen (secondary N) is 1. The maximum absolute atomic E-state index is 12.3. The molecule has 0 spiro atoms. The van der Waals surface area contributed by atoms with E-state index in [2.05, 4.69) is 17.4 Å². The van der Waals surface area contributed by atoms with E-state index in [0.717, 1.165) is 30.9 Å². The van der Waals surface area contributed by atoms with Crippen molar-refractivity contribution in [3.63, 3.8) is 0 Å². The van der Waals surface area contributed by atoms with Gasteiger partial charge in [0.2, 0.25) is 0 Å². The fourth-order valence-electron chi connectivity index (χ4n) is 2.95. The van der Waals surface area contributed by atoms with Crippen LogP contribution in [0.1, 0.15) is 23.6 Å². The molecule has 1 unspecified atom stereocenters. The maximum atomic E-state index is 12.3. The lowest BCUT2D eigenvalue weighted by molar-refractivity contribution is 0.744. The molecule has 0 aliphatic carbocycles. The molecule has 2 heterocycles. The summed E-state index contributed by atoms with van der Waals surface area (Å²) in [4.78, 5) is 12.3. The van der Waals surface area contributed by atoms with Crippen LogP contribution in [0.2, 0.25) is 0 Å². The van der Waals surface area contributed by atoms with Crippen LogP contribution in [-0.4, -0.2) is 22.2 Å². The van der Waals surface area contributed by atoms with Crippen LogP contribution < -0.4 is 11.0 Å². The van der Waals surface area contributed by atoms with E-state index in [0.29, 0.717) is 5.92 Å². The van der Waals surface area contributed by atoms with Gasteiger partial charge in [-0.3, -0.25) is 4.57 Å². The summed E-state index contributed by atoms with van der Waals surface area (Å²) in [5.41, 5.74) is 3.30. The molecular weight excluding hydrogens is 238 g/mol. The number of aryl methyl sites for hydroxylation is 2. The summed E-state index contributed by atoms with van der Waals surface area (Å²) in [6, 6.07) is 8.24. The summed E-state index contributed by atoms with van der Waals surface area (Å²) >= 11 is 0. The summed E-state index contributed by atoms with van der Waals surface area (Å²) in [5.74, 6) is 0.503. The van der Waals surface area contributed by atoms with Gasteiger partial charge in [-0.1, -0.05) is 18.2 Å². The highest BCUT2D eigenvalue weighted by molar-refractivity contribution is 5.45. The first kappa shape index (κ1) is 12.2. The van der Waals surface area contributed by atoms with Crippen molar-refractivity contribution >= 4 is 0 Å². The lowest BCUT2D eigenvalue weighted by Crippen LogP contribution is -2.23. The minimum Gasteiger partial charge on any atom is -0.316 e. The average Bonchev–Trinajstić information content (AvgIpc) is 3.00. The topological polar surface area (TPSA) is 39.0 Å². The Balaban J connectivity index is 2.17. The monoisotopic (exact) mass is 257 g/mol. The molecule has 100 valence electrons. The predicted molar refractivity (Wildman–Crippen MR) is 76.0 cm³/mol. The normalized spacial score (nSPS) is 18.9. The van der Waals surface area contributed by atoms with E-state index in [-0.39, 0.29) is 5.69 Å². The third-order valence-corrected chi connectivity index (χ3v) is 3.90. The van der Waals surface area contributed by atoms with Gasteiger partial charge >= 0.3 is 5.69 Å². The third kappa shape index (κ3) is 2.02. The lowest BCUT2D eigenvalue weighted by atomic mass is 9.96. The van der Waals surface area contributed by atoms with E-state index >= 15 is 0 Å². The molecule has 19 heavy (non-hydrogen) atoms. The highest BCUT2D eigenvalue weighted by Crippen LogP contribution is 2.27. The molecule has 1 aliphatic heterocycles. The van der Waals surface area contributed by atoms with Gasteiger partial charge in [-0.15, -0.1) is 0 Å². The van der Waals surface area contributed by atoms with Gasteiger partial charge in [0.15, 0.2) is 0 Å². The average molecular weight is 257 g/mol. The van der Waals surface area contributed by atoms with Crippen LogP contribution in [0.3, 0.4) is 0 Å². The van der Waals surface area contributed by atoms with Crippen molar-refractivity contribution in [2.75, 3.05) is 13.1 Å². The lowest BCUT2D eigenvalue weighted by Gasteiger charge is -2.15. The zero-order valence-electron chi connectivity index (χ0n) is 11.4. The molecule has 1 saturated heterocycles. The summed E-state index contributed by atoms with van der Waals surface area (Å²) in [6.45, 7) is 4.03. The molecule has 4 heteroatoms. The first-order valence-corrected chi connectivity index (χ1v) is 6.73. The highest BCUT2D eigenvalue weighted by atomic mass is 16.1. The molecule has 1 fully saturated rings. The third-order valence-electron chi connectivity index (χ3n) is 3.90. The summed E-state index contributed by atoms with van der Waals surface area (Å²) in [6.07, 6.45) is 3.02. The minimum absolute atomic E-state index is 0.0240. The molecule has 2 aromatic rings. The maximum Gasteiger partial charge on any atom is 0.332 e. The van der Waals surface area contributed by atoms with Gasteiger partial charge in [0, 0.05) is 25.5 Å². The Bertz CT molecular complexity index is 648. The van der Waals surface area contributed by atoms with Crippen LogP contribution in [0.25, 0.3) is 5.69 Å². The molecule has 1 N–H and O–H groups in total. The van der Waals surface area contributed by atoms with Crippen molar-refractivity contribution in [3.05, 3.63) is 52.2 Å². The minimum atomic E-state index is 0.0240. The first-order chi connectivity index (χ1) is 9.18. The molecule has 3 rings (SSSR count). The number of nitrogens with zero attached hydrogens (tertiary/aromatic N) is 2. The fraction of sp³-hybridized carbons (Fsp3) is 0.400. The van der Waals surface area contributed by atoms with Crippen molar-refractivity contribution in [2.24, 2.45) is 7.05 Å². The van der Waals surface area contributed by atoms with Gasteiger partial charge in [-0.25, -0.2) is 4.79 Å². The van der Waals surface area contributed by atoms with Crippen molar-refractivity contribution in [1.29, 1.82) is 0 Å².